The van der Waals surface area contributed by atoms with E-state index in [1.165, 1.54) is 18.7 Å². The van der Waals surface area contributed by atoms with Crippen molar-refractivity contribution in [3.63, 3.8) is 0 Å². The van der Waals surface area contributed by atoms with Crippen LogP contribution in [0.2, 0.25) is 0 Å². The van der Waals surface area contributed by atoms with Gasteiger partial charge in [-0.1, -0.05) is 0 Å². The molecule has 0 aromatic rings. The van der Waals surface area contributed by atoms with Gasteiger partial charge in [-0.25, -0.2) is 4.79 Å². The van der Waals surface area contributed by atoms with Gasteiger partial charge in [0.15, 0.2) is 6.04 Å². The third kappa shape index (κ3) is 8.70. The van der Waals surface area contributed by atoms with E-state index in [-0.39, 0.29) is 6.54 Å². The normalized spacial score (nSPS) is 14.2. The molecule has 0 radical (unpaired) electrons. The van der Waals surface area contributed by atoms with Crippen molar-refractivity contribution >= 4 is 35.5 Å². The molecule has 0 aliphatic rings. The van der Waals surface area contributed by atoms with Crippen LogP contribution >= 0.6 is 11.8 Å². The fourth-order valence-corrected chi connectivity index (χ4v) is 2.13. The molecule has 7 N–H and O–H groups in total. The number of nitrogens with one attached hydrogen (secondary N) is 3. The summed E-state index contributed by atoms with van der Waals surface area (Å²) in [6.07, 6.45) is 0.904. The van der Waals surface area contributed by atoms with E-state index in [1.807, 2.05) is 6.26 Å². The van der Waals surface area contributed by atoms with Crippen molar-refractivity contribution in [2.24, 2.45) is 5.73 Å². The molecule has 0 aliphatic heterocycles. The molecule has 0 rings (SSSR count). The Morgan fingerprint density at radius 3 is 2.25 bits per heavy atom. The fraction of sp³-hybridized carbons (Fsp3) is 0.692. The predicted octanol–water partition coefficient (Wildman–Crippen LogP) is -2.75. The number of aliphatic carboxylic acids is 1. The lowest BCUT2D eigenvalue weighted by molar-refractivity contribution is -0.144. The number of thioether (sulfide) groups is 1. The first-order chi connectivity index (χ1) is 11.2. The first kappa shape index (κ1) is 22.1. The van der Waals surface area contributed by atoms with Gasteiger partial charge in [-0.15, -0.1) is 0 Å². The Balaban J connectivity index is 4.56. The summed E-state index contributed by atoms with van der Waals surface area (Å²) >= 11 is 1.49. The highest BCUT2D eigenvalue weighted by atomic mass is 32.2. The van der Waals surface area contributed by atoms with Crippen LogP contribution in [-0.4, -0.2) is 77.2 Å². The number of hydrogen-bond donors (Lipinski definition) is 6. The van der Waals surface area contributed by atoms with Crippen molar-refractivity contribution in [3.05, 3.63) is 0 Å². The summed E-state index contributed by atoms with van der Waals surface area (Å²) in [6.45, 7) is 0.472. The minimum absolute atomic E-state index is 0.266. The monoisotopic (exact) mass is 364 g/mol. The SMILES string of the molecule is CSCCC(NC(=O)CN)C(=O)NCC(=O)NC(C(=O)O)C(C)O. The lowest BCUT2D eigenvalue weighted by atomic mass is 10.2. The molecule has 11 heteroatoms. The maximum Gasteiger partial charge on any atom is 0.328 e. The fourth-order valence-electron chi connectivity index (χ4n) is 1.66. The zero-order valence-electron chi connectivity index (χ0n) is 13.6. The summed E-state index contributed by atoms with van der Waals surface area (Å²) in [5.74, 6) is -2.63. The van der Waals surface area contributed by atoms with Crippen molar-refractivity contribution in [1.29, 1.82) is 0 Å². The van der Waals surface area contributed by atoms with Gasteiger partial charge in [0.2, 0.25) is 17.7 Å². The number of carboxylic acid groups (broad SMARTS) is 1. The van der Waals surface area contributed by atoms with Crippen LogP contribution < -0.4 is 21.7 Å². The van der Waals surface area contributed by atoms with Crippen molar-refractivity contribution in [2.75, 3.05) is 25.1 Å². The van der Waals surface area contributed by atoms with Gasteiger partial charge in [-0.3, -0.25) is 14.4 Å². The average Bonchev–Trinajstić information content (AvgIpc) is 2.53. The van der Waals surface area contributed by atoms with Gasteiger partial charge >= 0.3 is 5.97 Å². The number of carbonyl (C=O) groups is 4. The van der Waals surface area contributed by atoms with E-state index in [1.54, 1.807) is 0 Å². The zero-order valence-corrected chi connectivity index (χ0v) is 14.4. The highest BCUT2D eigenvalue weighted by Gasteiger charge is 2.26. The van der Waals surface area contributed by atoms with Crippen molar-refractivity contribution in [2.45, 2.75) is 31.5 Å². The van der Waals surface area contributed by atoms with E-state index >= 15 is 0 Å². The molecule has 138 valence electrons. The van der Waals surface area contributed by atoms with Gasteiger partial charge in [0.1, 0.15) is 6.04 Å². The number of nitrogens with two attached hydrogens (primary N) is 1. The number of rotatable bonds is 11. The van der Waals surface area contributed by atoms with Crippen molar-refractivity contribution in [3.8, 4) is 0 Å². The molecule has 0 heterocycles. The Morgan fingerprint density at radius 2 is 1.79 bits per heavy atom. The Kier molecular flexibility index (Phi) is 10.8. The Morgan fingerprint density at radius 1 is 1.17 bits per heavy atom. The third-order valence-electron chi connectivity index (χ3n) is 2.94. The molecule has 3 amide bonds. The summed E-state index contributed by atoms with van der Waals surface area (Å²) in [5, 5.41) is 25.0. The topological polar surface area (TPSA) is 171 Å². The van der Waals surface area contributed by atoms with Crippen LogP contribution in [0.1, 0.15) is 13.3 Å². The minimum atomic E-state index is -1.47. The molecule has 0 fully saturated rings. The van der Waals surface area contributed by atoms with E-state index in [2.05, 4.69) is 16.0 Å². The minimum Gasteiger partial charge on any atom is -0.480 e. The molecular formula is C13H24N4O6S. The summed E-state index contributed by atoms with van der Waals surface area (Å²) in [6, 6.07) is -2.31. The first-order valence-electron chi connectivity index (χ1n) is 7.19. The van der Waals surface area contributed by atoms with E-state index < -0.39 is 48.4 Å². The second-order valence-electron chi connectivity index (χ2n) is 4.95. The highest BCUT2D eigenvalue weighted by Crippen LogP contribution is 2.01. The highest BCUT2D eigenvalue weighted by molar-refractivity contribution is 7.98. The second kappa shape index (κ2) is 11.6. The number of aliphatic hydroxyl groups excluding tert-OH is 1. The van der Waals surface area contributed by atoms with Crippen LogP contribution in [-0.2, 0) is 19.2 Å². The van der Waals surface area contributed by atoms with Crippen LogP contribution in [0.4, 0.5) is 0 Å². The molecule has 0 saturated heterocycles. The molecule has 10 nitrogen and oxygen atoms in total. The molecule has 3 atom stereocenters. The van der Waals surface area contributed by atoms with Gasteiger partial charge in [0, 0.05) is 0 Å². The lowest BCUT2D eigenvalue weighted by Gasteiger charge is -2.19. The smallest absolute Gasteiger partial charge is 0.328 e. The Labute approximate surface area is 143 Å². The Hall–Kier alpha value is -1.85. The predicted molar refractivity (Wildman–Crippen MR) is 88.2 cm³/mol. The van der Waals surface area contributed by atoms with E-state index in [0.29, 0.717) is 12.2 Å². The zero-order chi connectivity index (χ0) is 18.7. The molecular weight excluding hydrogens is 340 g/mol. The van der Waals surface area contributed by atoms with E-state index in [9.17, 15) is 24.3 Å². The summed E-state index contributed by atoms with van der Waals surface area (Å²) in [5.41, 5.74) is 5.19. The number of carboxylic acids is 1. The van der Waals surface area contributed by atoms with Crippen LogP contribution in [0.25, 0.3) is 0 Å². The van der Waals surface area contributed by atoms with Gasteiger partial charge in [-0.2, -0.15) is 11.8 Å². The molecule has 0 bridgehead atoms. The van der Waals surface area contributed by atoms with Crippen LogP contribution in [0.3, 0.4) is 0 Å². The number of amides is 3. The van der Waals surface area contributed by atoms with Gasteiger partial charge < -0.3 is 31.9 Å². The molecule has 3 unspecified atom stereocenters. The molecule has 0 spiro atoms. The van der Waals surface area contributed by atoms with Crippen molar-refractivity contribution in [1.82, 2.24) is 16.0 Å². The molecule has 24 heavy (non-hydrogen) atoms. The third-order valence-corrected chi connectivity index (χ3v) is 3.58. The molecule has 0 aliphatic carbocycles. The van der Waals surface area contributed by atoms with Crippen LogP contribution in [0.15, 0.2) is 0 Å². The summed E-state index contributed by atoms with van der Waals surface area (Å²) in [7, 11) is 0. The second-order valence-corrected chi connectivity index (χ2v) is 5.93. The standard InChI is InChI=1S/C13H24N4O6S/c1-7(18)11(13(22)23)17-10(20)6-15-12(21)8(3-4-24-2)16-9(19)5-14/h7-8,11,18H,3-6,14H2,1-2H3,(H,15,21)(H,16,19)(H,17,20)(H,22,23). The molecule has 0 aromatic carbocycles. The van der Waals surface area contributed by atoms with Crippen LogP contribution in [0, 0.1) is 0 Å². The van der Waals surface area contributed by atoms with E-state index in [0.717, 1.165) is 0 Å². The Bertz CT molecular complexity index is 460. The molecule has 0 aromatic heterocycles. The number of carbonyl (C=O) groups excluding carboxylic acids is 3. The number of aliphatic hydroxyl groups is 1. The largest absolute Gasteiger partial charge is 0.480 e. The lowest BCUT2D eigenvalue weighted by Crippen LogP contribution is -2.53. The van der Waals surface area contributed by atoms with Gasteiger partial charge in [0.25, 0.3) is 0 Å². The van der Waals surface area contributed by atoms with E-state index in [4.69, 9.17) is 10.8 Å². The van der Waals surface area contributed by atoms with Gasteiger partial charge in [0.05, 0.1) is 19.2 Å². The summed E-state index contributed by atoms with van der Waals surface area (Å²) < 4.78 is 0. The average molecular weight is 364 g/mol. The first-order valence-corrected chi connectivity index (χ1v) is 8.58. The van der Waals surface area contributed by atoms with Gasteiger partial charge in [-0.05, 0) is 25.4 Å². The summed E-state index contributed by atoms with van der Waals surface area (Å²) in [4.78, 5) is 45.9. The number of hydrogen-bond acceptors (Lipinski definition) is 7. The van der Waals surface area contributed by atoms with Crippen molar-refractivity contribution < 1.29 is 29.4 Å². The maximum absolute atomic E-state index is 12.0. The maximum atomic E-state index is 12.0. The molecule has 0 saturated carbocycles. The van der Waals surface area contributed by atoms with Crippen LogP contribution in [0.5, 0.6) is 0 Å². The quantitative estimate of drug-likeness (QED) is 0.229.